The minimum atomic E-state index is 0.527. The molecule has 1 saturated carbocycles. The Labute approximate surface area is 84.3 Å². The predicted molar refractivity (Wildman–Crippen MR) is 55.2 cm³/mol. The summed E-state index contributed by atoms with van der Waals surface area (Å²) in [6.45, 7) is 0.759. The summed E-state index contributed by atoms with van der Waals surface area (Å²) in [7, 11) is 0. The van der Waals surface area contributed by atoms with Gasteiger partial charge in [0.15, 0.2) is 0 Å². The van der Waals surface area contributed by atoms with Crippen molar-refractivity contribution in [2.45, 2.75) is 44.1 Å². The fourth-order valence-corrected chi connectivity index (χ4v) is 2.55. The number of fused-ring (bicyclic) bond motifs is 1. The van der Waals surface area contributed by atoms with Gasteiger partial charge in [-0.05, 0) is 32.1 Å². The highest BCUT2D eigenvalue weighted by Gasteiger charge is 2.30. The normalized spacial score (nSPS) is 26.2. The highest BCUT2D eigenvalue weighted by Crippen LogP contribution is 2.39. The zero-order chi connectivity index (χ0) is 9.54. The molecule has 0 amide bonds. The molecule has 1 aromatic heterocycles. The second-order valence-corrected chi connectivity index (χ2v) is 4.54. The minimum Gasteiger partial charge on any atom is -0.331 e. The summed E-state index contributed by atoms with van der Waals surface area (Å²) in [4.78, 5) is 4.55. The van der Waals surface area contributed by atoms with E-state index in [1.54, 1.807) is 0 Å². The maximum atomic E-state index is 5.77. The highest BCUT2D eigenvalue weighted by atomic mass is 15.1. The first-order valence-corrected chi connectivity index (χ1v) is 5.66. The maximum absolute atomic E-state index is 5.77. The van der Waals surface area contributed by atoms with Gasteiger partial charge in [-0.15, -0.1) is 0 Å². The largest absolute Gasteiger partial charge is 0.331 e. The van der Waals surface area contributed by atoms with Gasteiger partial charge in [0.2, 0.25) is 0 Å². The SMILES string of the molecule is NCC1CCCc2c1ncn2C1CC1. The van der Waals surface area contributed by atoms with Crippen molar-refractivity contribution >= 4 is 0 Å². The zero-order valence-electron chi connectivity index (χ0n) is 8.45. The predicted octanol–water partition coefficient (Wildman–Crippen LogP) is 1.60. The number of hydrogen-bond acceptors (Lipinski definition) is 2. The van der Waals surface area contributed by atoms with Crippen LogP contribution in [0.15, 0.2) is 6.33 Å². The number of imidazole rings is 1. The van der Waals surface area contributed by atoms with Crippen molar-refractivity contribution in [2.75, 3.05) is 6.54 Å². The number of rotatable bonds is 2. The van der Waals surface area contributed by atoms with E-state index in [1.165, 1.54) is 43.5 Å². The molecule has 1 heterocycles. The van der Waals surface area contributed by atoms with Crippen molar-refractivity contribution in [3.8, 4) is 0 Å². The lowest BCUT2D eigenvalue weighted by molar-refractivity contribution is 0.529. The van der Waals surface area contributed by atoms with Gasteiger partial charge in [-0.2, -0.15) is 0 Å². The van der Waals surface area contributed by atoms with E-state index in [4.69, 9.17) is 5.73 Å². The van der Waals surface area contributed by atoms with Crippen LogP contribution in [0.25, 0.3) is 0 Å². The molecule has 1 aromatic rings. The molecule has 2 aliphatic carbocycles. The molecule has 0 spiro atoms. The summed E-state index contributed by atoms with van der Waals surface area (Å²) in [5, 5.41) is 0. The molecule has 0 saturated heterocycles. The van der Waals surface area contributed by atoms with E-state index in [0.717, 1.165) is 12.6 Å². The van der Waals surface area contributed by atoms with Gasteiger partial charge in [-0.1, -0.05) is 0 Å². The van der Waals surface area contributed by atoms with Gasteiger partial charge in [0.05, 0.1) is 12.0 Å². The third kappa shape index (κ3) is 1.19. The lowest BCUT2D eigenvalue weighted by Crippen LogP contribution is -2.19. The van der Waals surface area contributed by atoms with Crippen LogP contribution in [-0.4, -0.2) is 16.1 Å². The smallest absolute Gasteiger partial charge is 0.0954 e. The Morgan fingerprint density at radius 3 is 3.00 bits per heavy atom. The summed E-state index contributed by atoms with van der Waals surface area (Å²) in [6.07, 6.45) is 8.45. The molecule has 0 aliphatic heterocycles. The van der Waals surface area contributed by atoms with Crippen molar-refractivity contribution in [3.05, 3.63) is 17.7 Å². The average Bonchev–Trinajstić information content (AvgIpc) is 2.97. The van der Waals surface area contributed by atoms with Gasteiger partial charge in [0, 0.05) is 24.2 Å². The standard InChI is InChI=1S/C11H17N3/c12-6-8-2-1-3-10-11(8)13-7-14(10)9-4-5-9/h7-9H,1-6,12H2. The molecule has 0 bridgehead atoms. The molecule has 0 radical (unpaired) electrons. The van der Waals surface area contributed by atoms with Crippen LogP contribution in [0.5, 0.6) is 0 Å². The van der Waals surface area contributed by atoms with Crippen molar-refractivity contribution < 1.29 is 0 Å². The molecule has 1 unspecified atom stereocenters. The first-order valence-electron chi connectivity index (χ1n) is 5.66. The lowest BCUT2D eigenvalue weighted by Gasteiger charge is -2.21. The van der Waals surface area contributed by atoms with Crippen LogP contribution in [0.2, 0.25) is 0 Å². The molecular formula is C11H17N3. The van der Waals surface area contributed by atoms with Gasteiger partial charge in [0.25, 0.3) is 0 Å². The van der Waals surface area contributed by atoms with E-state index in [2.05, 4.69) is 9.55 Å². The third-order valence-electron chi connectivity index (χ3n) is 3.51. The Morgan fingerprint density at radius 1 is 1.43 bits per heavy atom. The van der Waals surface area contributed by atoms with Crippen molar-refractivity contribution in [3.63, 3.8) is 0 Å². The second-order valence-electron chi connectivity index (χ2n) is 4.54. The van der Waals surface area contributed by atoms with Crippen molar-refractivity contribution in [2.24, 2.45) is 5.73 Å². The molecule has 1 atom stereocenters. The molecule has 2 N–H and O–H groups in total. The first-order chi connectivity index (χ1) is 6.90. The first kappa shape index (κ1) is 8.48. The maximum Gasteiger partial charge on any atom is 0.0954 e. The van der Waals surface area contributed by atoms with Crippen LogP contribution in [0.1, 0.15) is 49.0 Å². The van der Waals surface area contributed by atoms with Gasteiger partial charge in [-0.25, -0.2) is 4.98 Å². The summed E-state index contributed by atoms with van der Waals surface area (Å²) in [5.41, 5.74) is 8.55. The van der Waals surface area contributed by atoms with Crippen molar-refractivity contribution in [1.82, 2.24) is 9.55 Å². The molecule has 1 fully saturated rings. The van der Waals surface area contributed by atoms with E-state index >= 15 is 0 Å². The average molecular weight is 191 g/mol. The molecule has 0 aromatic carbocycles. The van der Waals surface area contributed by atoms with Crippen LogP contribution in [0.3, 0.4) is 0 Å². The van der Waals surface area contributed by atoms with E-state index in [-0.39, 0.29) is 0 Å². The van der Waals surface area contributed by atoms with Crippen LogP contribution in [0, 0.1) is 0 Å². The van der Waals surface area contributed by atoms with E-state index in [9.17, 15) is 0 Å². The fourth-order valence-electron chi connectivity index (χ4n) is 2.55. The summed E-state index contributed by atoms with van der Waals surface area (Å²) in [6, 6.07) is 0.766. The molecule has 2 aliphatic rings. The highest BCUT2D eigenvalue weighted by molar-refractivity contribution is 5.23. The molecule has 3 nitrogen and oxygen atoms in total. The summed E-state index contributed by atoms with van der Waals surface area (Å²) < 4.78 is 2.40. The molecule has 14 heavy (non-hydrogen) atoms. The van der Waals surface area contributed by atoms with Crippen LogP contribution < -0.4 is 5.73 Å². The van der Waals surface area contributed by atoms with E-state index in [1.807, 2.05) is 6.33 Å². The Balaban J connectivity index is 1.99. The Bertz CT molecular complexity index is 338. The Hall–Kier alpha value is -0.830. The summed E-state index contributed by atoms with van der Waals surface area (Å²) >= 11 is 0. The summed E-state index contributed by atoms with van der Waals surface area (Å²) in [5.74, 6) is 0.527. The Morgan fingerprint density at radius 2 is 2.29 bits per heavy atom. The topological polar surface area (TPSA) is 43.8 Å². The molecule has 3 rings (SSSR count). The van der Waals surface area contributed by atoms with Gasteiger partial charge >= 0.3 is 0 Å². The van der Waals surface area contributed by atoms with E-state index < -0.39 is 0 Å². The van der Waals surface area contributed by atoms with Crippen molar-refractivity contribution in [1.29, 1.82) is 0 Å². The zero-order valence-corrected chi connectivity index (χ0v) is 8.45. The minimum absolute atomic E-state index is 0.527. The number of nitrogens with zero attached hydrogens (tertiary/aromatic N) is 2. The lowest BCUT2D eigenvalue weighted by atomic mass is 9.90. The number of aromatic nitrogens is 2. The van der Waals surface area contributed by atoms with Crippen LogP contribution in [0.4, 0.5) is 0 Å². The quantitative estimate of drug-likeness (QED) is 0.771. The monoisotopic (exact) mass is 191 g/mol. The second kappa shape index (κ2) is 3.09. The number of hydrogen-bond donors (Lipinski definition) is 1. The number of nitrogens with two attached hydrogens (primary N) is 1. The van der Waals surface area contributed by atoms with Gasteiger partial charge in [-0.3, -0.25) is 0 Å². The van der Waals surface area contributed by atoms with E-state index in [0.29, 0.717) is 5.92 Å². The molecular weight excluding hydrogens is 174 g/mol. The van der Waals surface area contributed by atoms with Gasteiger partial charge < -0.3 is 10.3 Å². The molecule has 76 valence electrons. The Kier molecular flexibility index (Phi) is 1.87. The van der Waals surface area contributed by atoms with Crippen LogP contribution >= 0.6 is 0 Å². The van der Waals surface area contributed by atoms with Crippen LogP contribution in [-0.2, 0) is 6.42 Å². The fraction of sp³-hybridized carbons (Fsp3) is 0.727. The molecule has 3 heteroatoms. The van der Waals surface area contributed by atoms with Gasteiger partial charge in [0.1, 0.15) is 0 Å². The third-order valence-corrected chi connectivity index (χ3v) is 3.51.